The lowest BCUT2D eigenvalue weighted by Gasteiger charge is -2.42. The summed E-state index contributed by atoms with van der Waals surface area (Å²) in [5, 5.41) is 4.82. The van der Waals surface area contributed by atoms with E-state index in [1.165, 1.54) is 100 Å². The van der Waals surface area contributed by atoms with E-state index in [1.54, 1.807) is 0 Å². The van der Waals surface area contributed by atoms with Crippen LogP contribution in [0.2, 0.25) is 0 Å². The Balaban J connectivity index is 0.890. The Hall–Kier alpha value is -8.40. The average Bonchev–Trinajstić information content (AvgIpc) is 4.08. The number of aromatic nitrogens is 1. The van der Waals surface area contributed by atoms with Gasteiger partial charge < -0.3 is 13.9 Å². The highest BCUT2D eigenvalue weighted by Crippen LogP contribution is 2.63. The highest BCUT2D eigenvalue weighted by molar-refractivity contribution is 6.13. The number of rotatable bonds is 4. The van der Waals surface area contributed by atoms with Crippen LogP contribution in [-0.2, 0) is 10.8 Å². The second kappa shape index (κ2) is 13.4. The molecule has 1 unspecified atom stereocenters. The molecule has 0 fully saturated rings. The lowest BCUT2D eigenvalue weighted by Crippen LogP contribution is -2.32. The van der Waals surface area contributed by atoms with Gasteiger partial charge in [-0.25, -0.2) is 0 Å². The Morgan fingerprint density at radius 3 is 1.88 bits per heavy atom. The van der Waals surface area contributed by atoms with E-state index in [1.807, 2.05) is 6.07 Å². The van der Waals surface area contributed by atoms with Gasteiger partial charge in [-0.3, -0.25) is 0 Å². The molecular formula is C65H44N2O. The Labute approximate surface area is 394 Å². The maximum absolute atomic E-state index is 6.61. The van der Waals surface area contributed by atoms with Crippen molar-refractivity contribution < 1.29 is 4.42 Å². The van der Waals surface area contributed by atoms with Crippen LogP contribution in [0.1, 0.15) is 48.6 Å². The maximum atomic E-state index is 6.61. The summed E-state index contributed by atoms with van der Waals surface area (Å²) in [4.78, 5) is 2.49. The van der Waals surface area contributed by atoms with E-state index in [9.17, 15) is 0 Å². The van der Waals surface area contributed by atoms with Gasteiger partial charge in [-0.2, -0.15) is 0 Å². The molecule has 0 N–H and O–H groups in total. The molecule has 0 saturated carbocycles. The molecule has 15 rings (SSSR count). The first-order chi connectivity index (χ1) is 33.4. The van der Waals surface area contributed by atoms with Gasteiger partial charge in [0.2, 0.25) is 0 Å². The predicted octanol–water partition coefficient (Wildman–Crippen LogP) is 17.4. The van der Waals surface area contributed by atoms with Gasteiger partial charge in [-0.05, 0) is 146 Å². The first kappa shape index (κ1) is 37.8. The number of nitrogens with zero attached hydrogens (tertiary/aromatic N) is 2. The Morgan fingerprint density at radius 1 is 0.368 bits per heavy atom. The van der Waals surface area contributed by atoms with Gasteiger partial charge in [0, 0.05) is 49.3 Å². The van der Waals surface area contributed by atoms with Gasteiger partial charge in [-0.1, -0.05) is 153 Å². The Morgan fingerprint density at radius 2 is 1.03 bits per heavy atom. The molecule has 3 nitrogen and oxygen atoms in total. The number of anilines is 3. The van der Waals surface area contributed by atoms with Crippen LogP contribution in [0.15, 0.2) is 217 Å². The molecule has 10 aromatic carbocycles. The molecule has 3 heteroatoms. The van der Waals surface area contributed by atoms with Crippen LogP contribution in [0.4, 0.5) is 17.1 Å². The second-order valence-corrected chi connectivity index (χ2v) is 19.8. The second-order valence-electron chi connectivity index (χ2n) is 19.8. The molecule has 0 amide bonds. The molecule has 0 bridgehead atoms. The first-order valence-electron chi connectivity index (χ1n) is 23.8. The number of benzene rings is 10. The summed E-state index contributed by atoms with van der Waals surface area (Å²) >= 11 is 0. The third-order valence-electron chi connectivity index (χ3n) is 16.0. The Bertz CT molecular complexity index is 4130. The van der Waals surface area contributed by atoms with Crippen molar-refractivity contribution in [2.75, 3.05) is 4.90 Å². The van der Waals surface area contributed by atoms with E-state index < -0.39 is 0 Å². The minimum absolute atomic E-state index is 0.0886. The SMILES string of the molecule is CC1(C)c2ccccc2-c2cc3c4cc(-c5ccc(N6c7ccc(-c8cccc9c8oc8ccccc89)cc7C7(C)c8ccccc8-c8cccc6c87)cc5)ccc4n(-c4ccccc4)c3cc21. The zero-order valence-electron chi connectivity index (χ0n) is 38.0. The summed E-state index contributed by atoms with van der Waals surface area (Å²) in [6, 6.07) is 78.9. The molecule has 0 radical (unpaired) electrons. The van der Waals surface area contributed by atoms with Crippen molar-refractivity contribution in [2.45, 2.75) is 31.6 Å². The van der Waals surface area contributed by atoms with Crippen molar-refractivity contribution in [2.24, 2.45) is 0 Å². The largest absolute Gasteiger partial charge is 0.455 e. The van der Waals surface area contributed by atoms with Crippen molar-refractivity contribution in [3.63, 3.8) is 0 Å². The number of hydrogen-bond acceptors (Lipinski definition) is 2. The summed E-state index contributed by atoms with van der Waals surface area (Å²) in [6.07, 6.45) is 0. The van der Waals surface area contributed by atoms with E-state index in [0.29, 0.717) is 0 Å². The fourth-order valence-corrected chi connectivity index (χ4v) is 12.8. The molecule has 320 valence electrons. The number of hydrogen-bond donors (Lipinski definition) is 0. The molecule has 1 aliphatic heterocycles. The molecular weight excluding hydrogens is 825 g/mol. The van der Waals surface area contributed by atoms with Gasteiger partial charge in [0.1, 0.15) is 11.2 Å². The van der Waals surface area contributed by atoms with Crippen LogP contribution < -0.4 is 4.90 Å². The minimum atomic E-state index is -0.363. The molecule has 2 aliphatic carbocycles. The molecule has 68 heavy (non-hydrogen) atoms. The molecule has 3 heterocycles. The van der Waals surface area contributed by atoms with Crippen molar-refractivity contribution in [3.05, 3.63) is 240 Å². The van der Waals surface area contributed by atoms with Gasteiger partial charge in [-0.15, -0.1) is 0 Å². The van der Waals surface area contributed by atoms with E-state index in [0.717, 1.165) is 38.8 Å². The van der Waals surface area contributed by atoms with E-state index in [4.69, 9.17) is 4.42 Å². The smallest absolute Gasteiger partial charge is 0.143 e. The maximum Gasteiger partial charge on any atom is 0.143 e. The van der Waals surface area contributed by atoms with Crippen molar-refractivity contribution in [3.8, 4) is 50.2 Å². The van der Waals surface area contributed by atoms with E-state index in [2.05, 4.69) is 236 Å². The van der Waals surface area contributed by atoms with Crippen molar-refractivity contribution in [1.29, 1.82) is 0 Å². The third-order valence-corrected chi connectivity index (χ3v) is 16.0. The molecule has 12 aromatic rings. The third kappa shape index (κ3) is 4.87. The summed E-state index contributed by atoms with van der Waals surface area (Å²) in [5.74, 6) is 0. The molecule has 0 saturated heterocycles. The van der Waals surface area contributed by atoms with Crippen LogP contribution in [0, 0.1) is 0 Å². The minimum Gasteiger partial charge on any atom is -0.455 e. The topological polar surface area (TPSA) is 21.3 Å². The zero-order chi connectivity index (χ0) is 45.0. The lowest BCUT2D eigenvalue weighted by molar-refractivity contribution is 0.661. The van der Waals surface area contributed by atoms with Crippen molar-refractivity contribution in [1.82, 2.24) is 4.57 Å². The van der Waals surface area contributed by atoms with Gasteiger partial charge in [0.15, 0.2) is 0 Å². The van der Waals surface area contributed by atoms with Crippen LogP contribution in [0.5, 0.6) is 0 Å². The summed E-state index contributed by atoms with van der Waals surface area (Å²) in [5.41, 5.74) is 25.3. The van der Waals surface area contributed by atoms with Crippen molar-refractivity contribution >= 4 is 60.8 Å². The number of para-hydroxylation sites is 3. The summed E-state index contributed by atoms with van der Waals surface area (Å²) < 4.78 is 9.07. The monoisotopic (exact) mass is 868 g/mol. The lowest BCUT2D eigenvalue weighted by atomic mass is 9.70. The van der Waals surface area contributed by atoms with Gasteiger partial charge in [0.25, 0.3) is 0 Å². The fourth-order valence-electron chi connectivity index (χ4n) is 12.8. The van der Waals surface area contributed by atoms with Gasteiger partial charge in [0.05, 0.1) is 22.4 Å². The highest BCUT2D eigenvalue weighted by atomic mass is 16.3. The number of furan rings is 1. The number of fused-ring (bicyclic) bond motifs is 14. The average molecular weight is 869 g/mol. The predicted molar refractivity (Wildman–Crippen MR) is 282 cm³/mol. The normalized spacial score (nSPS) is 16.0. The molecule has 0 spiro atoms. The van der Waals surface area contributed by atoms with E-state index >= 15 is 0 Å². The summed E-state index contributed by atoms with van der Waals surface area (Å²) in [6.45, 7) is 7.17. The van der Waals surface area contributed by atoms with Crippen LogP contribution in [-0.4, -0.2) is 4.57 Å². The zero-order valence-corrected chi connectivity index (χ0v) is 38.0. The molecule has 2 aromatic heterocycles. The standard InChI is InChI=1S/C65H44N2O/c1-64(2)53-23-10-7-18-46(53)50-37-52-51-35-40(29-33-57(51)66(60(52)38-55(50)64)42-15-5-4-6-16-42)39-27-31-43(32-28-39)67-58-34-30-41(44-20-13-22-49-47-19-9-12-26-61(47)68-63(44)49)36-56(58)65(3)54-24-11-8-17-45(54)48-21-14-25-59(67)62(48)65/h4-38H,1-3H3. The summed E-state index contributed by atoms with van der Waals surface area (Å²) in [7, 11) is 0. The Kier molecular flexibility index (Phi) is 7.43. The van der Waals surface area contributed by atoms with Crippen LogP contribution in [0.3, 0.4) is 0 Å². The molecule has 3 aliphatic rings. The van der Waals surface area contributed by atoms with Gasteiger partial charge >= 0.3 is 0 Å². The highest BCUT2D eigenvalue weighted by Gasteiger charge is 2.48. The first-order valence-corrected chi connectivity index (χ1v) is 23.8. The van der Waals surface area contributed by atoms with E-state index in [-0.39, 0.29) is 10.8 Å². The van der Waals surface area contributed by atoms with Crippen LogP contribution >= 0.6 is 0 Å². The van der Waals surface area contributed by atoms with Crippen LogP contribution in [0.25, 0.3) is 93.9 Å². The fraction of sp³-hybridized carbons (Fsp3) is 0.0769. The quantitative estimate of drug-likeness (QED) is 0.176. The molecule has 1 atom stereocenters.